The second-order valence-electron chi connectivity index (χ2n) is 11.2. The summed E-state index contributed by atoms with van der Waals surface area (Å²) in [6.45, 7) is 17.2. The van der Waals surface area contributed by atoms with Gasteiger partial charge in [-0.05, 0) is 72.6 Å². The molecule has 0 aromatic heterocycles. The molecule has 0 heterocycles. The summed E-state index contributed by atoms with van der Waals surface area (Å²) < 4.78 is 9.55. The maximum atomic E-state index is 11.2. The lowest BCUT2D eigenvalue weighted by Crippen LogP contribution is -2.30. The summed E-state index contributed by atoms with van der Waals surface area (Å²) in [4.78, 5) is 84.8. The third-order valence-corrected chi connectivity index (χ3v) is 5.58. The van der Waals surface area contributed by atoms with Crippen LogP contribution in [0.25, 0.3) is 0 Å². The van der Waals surface area contributed by atoms with E-state index in [-0.39, 0.29) is 41.9 Å². The van der Waals surface area contributed by atoms with E-state index in [9.17, 15) is 38.8 Å². The molecule has 2 saturated carbocycles. The van der Waals surface area contributed by atoms with Crippen LogP contribution in [0.5, 0.6) is 0 Å². The molecule has 0 aromatic carbocycles. The Morgan fingerprint density at radius 1 is 0.609 bits per heavy atom. The van der Waals surface area contributed by atoms with Crippen LogP contribution in [0, 0.1) is 31.5 Å². The Morgan fingerprint density at radius 3 is 1.35 bits per heavy atom. The highest BCUT2D eigenvalue weighted by atomic mass is 16.6. The molecule has 18 heteroatoms. The predicted molar refractivity (Wildman–Crippen MR) is 170 cm³/mol. The van der Waals surface area contributed by atoms with Gasteiger partial charge in [0.25, 0.3) is 0 Å². The Kier molecular flexibility index (Phi) is 24.0. The summed E-state index contributed by atoms with van der Waals surface area (Å²) in [6.07, 6.45) is 4.01. The largest absolute Gasteiger partial charge is 0.445 e. The predicted octanol–water partition coefficient (Wildman–Crippen LogP) is 6.48. The Hall–Kier alpha value is -4.12. The third kappa shape index (κ3) is 20.0. The van der Waals surface area contributed by atoms with E-state index in [2.05, 4.69) is 21.1 Å². The van der Waals surface area contributed by atoms with E-state index >= 15 is 0 Å². The maximum Gasteiger partial charge on any atom is 0.433 e. The molecule has 2 rings (SSSR count). The smallest absolute Gasteiger partial charge is 0.433 e. The van der Waals surface area contributed by atoms with Crippen LogP contribution in [0.15, 0.2) is 21.1 Å². The number of rotatable bonds is 15. The molecule has 4 amide bonds. The molecule has 2 aliphatic carbocycles. The SMILES string of the molecule is CC(C)OC(=O)N(N=O)C1CC1.CCCN(N=O)C(=O)C(C)C.CCCN(N=O)C(=O)C1CC1.CCCN(N=O)C(=O)OC(C)C. The minimum absolute atomic E-state index is 0.0197. The Morgan fingerprint density at radius 2 is 1.02 bits per heavy atom. The van der Waals surface area contributed by atoms with Gasteiger partial charge in [0.2, 0.25) is 11.8 Å². The van der Waals surface area contributed by atoms with Crippen LogP contribution in [0.4, 0.5) is 9.59 Å². The van der Waals surface area contributed by atoms with E-state index < -0.39 is 12.2 Å². The number of ether oxygens (including phenoxy) is 2. The molecule has 46 heavy (non-hydrogen) atoms. The van der Waals surface area contributed by atoms with Crippen LogP contribution in [0.3, 0.4) is 0 Å². The van der Waals surface area contributed by atoms with Gasteiger partial charge in [-0.15, -0.1) is 19.6 Å². The molecule has 0 spiro atoms. The van der Waals surface area contributed by atoms with Gasteiger partial charge >= 0.3 is 12.2 Å². The third-order valence-electron chi connectivity index (χ3n) is 5.58. The van der Waals surface area contributed by atoms with Crippen LogP contribution in [-0.2, 0) is 19.1 Å². The number of amides is 4. The van der Waals surface area contributed by atoms with Crippen molar-refractivity contribution < 1.29 is 28.7 Å². The number of carbonyl (C=O) groups is 4. The Balaban J connectivity index is 0. The second kappa shape index (κ2) is 25.1. The van der Waals surface area contributed by atoms with Crippen molar-refractivity contribution in [3.05, 3.63) is 19.6 Å². The number of hydrogen-bond donors (Lipinski definition) is 0. The van der Waals surface area contributed by atoms with Crippen LogP contribution < -0.4 is 0 Å². The zero-order valence-electron chi connectivity index (χ0n) is 28.6. The van der Waals surface area contributed by atoms with Gasteiger partial charge < -0.3 is 9.47 Å². The quantitative estimate of drug-likeness (QED) is 0.137. The molecule has 18 nitrogen and oxygen atoms in total. The van der Waals surface area contributed by atoms with E-state index in [1.54, 1.807) is 41.5 Å². The van der Waals surface area contributed by atoms with Crippen molar-refractivity contribution >= 4 is 24.0 Å². The molecular formula is C28H52N8O10. The van der Waals surface area contributed by atoms with Gasteiger partial charge in [-0.25, -0.2) is 9.59 Å². The van der Waals surface area contributed by atoms with Crippen molar-refractivity contribution in [1.82, 2.24) is 20.0 Å². The van der Waals surface area contributed by atoms with E-state index in [1.807, 2.05) is 20.8 Å². The standard InChI is InChI=1S/C7H12N2O3.C7H14N2O3.C7H12N2O2.C7H14N2O2/c1-5(2)12-7(10)9(8-11)6-3-4-6;1-4-5-9(8-11)7(10)12-6(2)3;1-2-5-9(8-11)7(10)6-3-4-6;1-4-5-9(8-11)7(10)6(2)3/h5-6H,3-4H2,1-2H3;6H,4-5H2,1-3H3;6H,2-5H2,1H3;6H,4-5H2,1-3H3. The summed E-state index contributed by atoms with van der Waals surface area (Å²) in [5.74, 6) is -0.359. The lowest BCUT2D eigenvalue weighted by molar-refractivity contribution is -0.134. The minimum Gasteiger partial charge on any atom is -0.445 e. The highest BCUT2D eigenvalue weighted by Gasteiger charge is 2.35. The summed E-state index contributed by atoms with van der Waals surface area (Å²) in [5.41, 5.74) is 0. The van der Waals surface area contributed by atoms with Crippen molar-refractivity contribution in [2.75, 3.05) is 19.6 Å². The van der Waals surface area contributed by atoms with Crippen LogP contribution in [0.1, 0.15) is 107 Å². The first-order chi connectivity index (χ1) is 21.7. The Labute approximate surface area is 270 Å². The van der Waals surface area contributed by atoms with Crippen molar-refractivity contribution in [3.63, 3.8) is 0 Å². The molecule has 0 bridgehead atoms. The minimum atomic E-state index is -0.679. The molecule has 0 saturated heterocycles. The Bertz CT molecular complexity index is 931. The van der Waals surface area contributed by atoms with Crippen LogP contribution in [0.2, 0.25) is 0 Å². The van der Waals surface area contributed by atoms with Crippen molar-refractivity contribution in [2.45, 2.75) is 126 Å². The fourth-order valence-corrected chi connectivity index (χ4v) is 3.11. The van der Waals surface area contributed by atoms with E-state index in [1.165, 1.54) is 0 Å². The zero-order valence-corrected chi connectivity index (χ0v) is 28.6. The molecular weight excluding hydrogens is 608 g/mol. The fourth-order valence-electron chi connectivity index (χ4n) is 3.11. The van der Waals surface area contributed by atoms with Gasteiger partial charge in [-0.1, -0.05) is 34.6 Å². The second-order valence-corrected chi connectivity index (χ2v) is 11.2. The molecule has 0 atom stereocenters. The molecule has 2 aliphatic rings. The fraction of sp³-hybridized carbons (Fsp3) is 0.857. The summed E-state index contributed by atoms with van der Waals surface area (Å²) in [7, 11) is 0. The summed E-state index contributed by atoms with van der Waals surface area (Å²) >= 11 is 0. The monoisotopic (exact) mass is 660 g/mol. The number of hydrogen-bond acceptors (Lipinski definition) is 14. The molecule has 0 aromatic rings. The lowest BCUT2D eigenvalue weighted by atomic mass is 10.2. The number of nitrogens with zero attached hydrogens (tertiary/aromatic N) is 8. The normalized spacial score (nSPS) is 12.9. The van der Waals surface area contributed by atoms with Gasteiger partial charge in [0.05, 0.1) is 45.9 Å². The summed E-state index contributed by atoms with van der Waals surface area (Å²) in [6, 6.07) is -0.0197. The first kappa shape index (κ1) is 44.0. The average molecular weight is 661 g/mol. The first-order valence-corrected chi connectivity index (χ1v) is 15.6. The molecule has 0 unspecified atom stereocenters. The maximum absolute atomic E-state index is 11.2. The number of carbonyl (C=O) groups excluding carboxylic acids is 4. The molecule has 0 N–H and O–H groups in total. The molecule has 0 aliphatic heterocycles. The van der Waals surface area contributed by atoms with Gasteiger partial charge in [0.15, 0.2) is 0 Å². The highest BCUT2D eigenvalue weighted by Crippen LogP contribution is 2.31. The van der Waals surface area contributed by atoms with Crippen molar-refractivity contribution in [2.24, 2.45) is 33.0 Å². The lowest BCUT2D eigenvalue weighted by Gasteiger charge is -2.14. The van der Waals surface area contributed by atoms with Crippen LogP contribution in [-0.4, -0.2) is 81.9 Å². The van der Waals surface area contributed by atoms with Gasteiger partial charge in [0.1, 0.15) is 0 Å². The van der Waals surface area contributed by atoms with Crippen molar-refractivity contribution in [1.29, 1.82) is 0 Å². The summed E-state index contributed by atoms with van der Waals surface area (Å²) in [5, 5.41) is 14.1. The first-order valence-electron chi connectivity index (χ1n) is 15.6. The molecule has 0 radical (unpaired) electrons. The van der Waals surface area contributed by atoms with E-state index in [0.717, 1.165) is 58.6 Å². The van der Waals surface area contributed by atoms with Gasteiger partial charge in [-0.3, -0.25) is 9.59 Å². The van der Waals surface area contributed by atoms with Gasteiger partial charge in [0, 0.05) is 24.9 Å². The number of nitroso groups, excluding NO2 is 4. The van der Waals surface area contributed by atoms with Crippen molar-refractivity contribution in [3.8, 4) is 0 Å². The zero-order chi connectivity index (χ0) is 35.8. The topological polar surface area (TPSA) is 217 Å². The van der Waals surface area contributed by atoms with E-state index in [0.29, 0.717) is 26.1 Å². The van der Waals surface area contributed by atoms with E-state index in [4.69, 9.17) is 9.47 Å². The molecule has 2 fully saturated rings. The van der Waals surface area contributed by atoms with Gasteiger partial charge in [-0.2, -0.15) is 20.0 Å². The molecule has 264 valence electrons. The van der Waals surface area contributed by atoms with Crippen LogP contribution >= 0.6 is 0 Å². The highest BCUT2D eigenvalue weighted by molar-refractivity contribution is 5.80. The average Bonchev–Trinajstić information content (AvgIpc) is 3.92.